The highest BCUT2D eigenvalue weighted by Crippen LogP contribution is 2.22. The zero-order chi connectivity index (χ0) is 10.6. The standard InChI is InChI=1S/C11H10F2O/c1-2-3-7-10(14)11-8(12)5-4-6-9(11)13/h4-6,10,14H,7H2,1H3. The molecule has 3 heteroatoms. The quantitative estimate of drug-likeness (QED) is 0.720. The molecule has 0 aliphatic rings. The van der Waals surface area contributed by atoms with Gasteiger partial charge in [0, 0.05) is 6.42 Å². The van der Waals surface area contributed by atoms with E-state index in [0.717, 1.165) is 12.1 Å². The first-order valence-electron chi connectivity index (χ1n) is 4.18. The molecule has 0 bridgehead atoms. The van der Waals surface area contributed by atoms with Crippen LogP contribution in [0, 0.1) is 23.5 Å². The van der Waals surface area contributed by atoms with Gasteiger partial charge in [0.2, 0.25) is 0 Å². The van der Waals surface area contributed by atoms with E-state index in [1.54, 1.807) is 6.92 Å². The monoisotopic (exact) mass is 196 g/mol. The molecule has 0 fully saturated rings. The molecule has 1 aromatic rings. The van der Waals surface area contributed by atoms with E-state index in [4.69, 9.17) is 0 Å². The van der Waals surface area contributed by atoms with Crippen LogP contribution in [0.2, 0.25) is 0 Å². The summed E-state index contributed by atoms with van der Waals surface area (Å²) in [6.45, 7) is 1.60. The van der Waals surface area contributed by atoms with Gasteiger partial charge in [-0.15, -0.1) is 11.8 Å². The molecule has 0 saturated heterocycles. The van der Waals surface area contributed by atoms with Crippen LogP contribution in [-0.4, -0.2) is 5.11 Å². The number of hydrogen-bond donors (Lipinski definition) is 1. The van der Waals surface area contributed by atoms with Gasteiger partial charge < -0.3 is 5.11 Å². The van der Waals surface area contributed by atoms with Crippen LogP contribution in [0.5, 0.6) is 0 Å². The lowest BCUT2D eigenvalue weighted by Crippen LogP contribution is -2.03. The summed E-state index contributed by atoms with van der Waals surface area (Å²) in [7, 11) is 0. The van der Waals surface area contributed by atoms with E-state index >= 15 is 0 Å². The van der Waals surface area contributed by atoms with Crippen molar-refractivity contribution in [3.05, 3.63) is 35.4 Å². The fourth-order valence-electron chi connectivity index (χ4n) is 1.13. The smallest absolute Gasteiger partial charge is 0.131 e. The van der Waals surface area contributed by atoms with Crippen molar-refractivity contribution in [3.8, 4) is 11.8 Å². The highest BCUT2D eigenvalue weighted by molar-refractivity contribution is 5.23. The number of benzene rings is 1. The summed E-state index contributed by atoms with van der Waals surface area (Å²) in [5, 5.41) is 9.43. The molecule has 0 heterocycles. The predicted molar refractivity (Wildman–Crippen MR) is 49.4 cm³/mol. The van der Waals surface area contributed by atoms with Gasteiger partial charge in [-0.2, -0.15) is 0 Å². The summed E-state index contributed by atoms with van der Waals surface area (Å²) in [6, 6.07) is 3.48. The third-order valence-corrected chi connectivity index (χ3v) is 1.81. The SMILES string of the molecule is CC#CCC(O)c1c(F)cccc1F. The van der Waals surface area contributed by atoms with Gasteiger partial charge in [0.15, 0.2) is 0 Å². The summed E-state index contributed by atoms with van der Waals surface area (Å²) >= 11 is 0. The largest absolute Gasteiger partial charge is 0.387 e. The molecule has 1 atom stereocenters. The fourth-order valence-corrected chi connectivity index (χ4v) is 1.13. The topological polar surface area (TPSA) is 20.2 Å². The van der Waals surface area contributed by atoms with E-state index < -0.39 is 17.7 Å². The van der Waals surface area contributed by atoms with Gasteiger partial charge in [0.05, 0.1) is 11.7 Å². The van der Waals surface area contributed by atoms with Crippen molar-refractivity contribution in [3.63, 3.8) is 0 Å². The molecule has 1 aromatic carbocycles. The number of hydrogen-bond acceptors (Lipinski definition) is 1. The summed E-state index contributed by atoms with van der Waals surface area (Å²) in [5.74, 6) is 3.64. The molecular formula is C11H10F2O. The fraction of sp³-hybridized carbons (Fsp3) is 0.273. The van der Waals surface area contributed by atoms with Gasteiger partial charge in [-0.25, -0.2) is 8.78 Å². The Morgan fingerprint density at radius 1 is 1.36 bits per heavy atom. The van der Waals surface area contributed by atoms with Crippen LogP contribution in [0.4, 0.5) is 8.78 Å². The molecule has 0 saturated carbocycles. The lowest BCUT2D eigenvalue weighted by Gasteiger charge is -2.09. The Bertz CT molecular complexity index is 356. The van der Waals surface area contributed by atoms with Crippen molar-refractivity contribution in [2.45, 2.75) is 19.4 Å². The Morgan fingerprint density at radius 3 is 2.43 bits per heavy atom. The molecule has 0 aromatic heterocycles. The highest BCUT2D eigenvalue weighted by atomic mass is 19.1. The van der Waals surface area contributed by atoms with Gasteiger partial charge in [0.25, 0.3) is 0 Å². The number of aliphatic hydroxyl groups excluding tert-OH is 1. The van der Waals surface area contributed by atoms with E-state index in [1.807, 2.05) is 0 Å². The van der Waals surface area contributed by atoms with Crippen molar-refractivity contribution >= 4 is 0 Å². The van der Waals surface area contributed by atoms with Crippen LogP contribution in [0.25, 0.3) is 0 Å². The minimum absolute atomic E-state index is 0.0361. The molecule has 74 valence electrons. The third kappa shape index (κ3) is 2.30. The van der Waals surface area contributed by atoms with Crippen LogP contribution in [0.15, 0.2) is 18.2 Å². The van der Waals surface area contributed by atoms with Crippen molar-refractivity contribution in [2.24, 2.45) is 0 Å². The Balaban J connectivity index is 2.97. The van der Waals surface area contributed by atoms with Crippen molar-refractivity contribution in [1.82, 2.24) is 0 Å². The van der Waals surface area contributed by atoms with Crippen LogP contribution in [0.1, 0.15) is 25.0 Å². The van der Waals surface area contributed by atoms with Crippen LogP contribution >= 0.6 is 0 Å². The molecule has 0 aliphatic carbocycles. The molecule has 0 spiro atoms. The second-order valence-electron chi connectivity index (χ2n) is 2.78. The van der Waals surface area contributed by atoms with Crippen molar-refractivity contribution in [2.75, 3.05) is 0 Å². The molecule has 1 N–H and O–H groups in total. The maximum absolute atomic E-state index is 13.1. The Labute approximate surface area is 81.4 Å². The maximum Gasteiger partial charge on any atom is 0.131 e. The summed E-state index contributed by atoms with van der Waals surface area (Å²) < 4.78 is 26.2. The second kappa shape index (κ2) is 4.73. The predicted octanol–water partition coefficient (Wildman–Crippen LogP) is 2.41. The van der Waals surface area contributed by atoms with E-state index in [0.29, 0.717) is 0 Å². The number of halogens is 2. The maximum atomic E-state index is 13.1. The molecule has 0 amide bonds. The summed E-state index contributed by atoms with van der Waals surface area (Å²) in [6.07, 6.45) is -1.17. The zero-order valence-corrected chi connectivity index (χ0v) is 7.72. The van der Waals surface area contributed by atoms with E-state index in [1.165, 1.54) is 6.07 Å². The van der Waals surface area contributed by atoms with E-state index in [9.17, 15) is 13.9 Å². The van der Waals surface area contributed by atoms with Crippen molar-refractivity contribution < 1.29 is 13.9 Å². The average Bonchev–Trinajstić information content (AvgIpc) is 2.14. The molecule has 0 radical (unpaired) electrons. The molecule has 1 unspecified atom stereocenters. The number of aliphatic hydroxyl groups is 1. The van der Waals surface area contributed by atoms with Gasteiger partial charge in [-0.05, 0) is 19.1 Å². The first-order chi connectivity index (χ1) is 6.66. The Hall–Kier alpha value is -1.40. The third-order valence-electron chi connectivity index (χ3n) is 1.81. The minimum atomic E-state index is -1.20. The lowest BCUT2D eigenvalue weighted by atomic mass is 10.1. The van der Waals surface area contributed by atoms with Crippen LogP contribution < -0.4 is 0 Å². The minimum Gasteiger partial charge on any atom is -0.387 e. The highest BCUT2D eigenvalue weighted by Gasteiger charge is 2.16. The van der Waals surface area contributed by atoms with E-state index in [2.05, 4.69) is 11.8 Å². The first-order valence-corrected chi connectivity index (χ1v) is 4.18. The molecule has 0 aliphatic heterocycles. The molecular weight excluding hydrogens is 186 g/mol. The average molecular weight is 196 g/mol. The zero-order valence-electron chi connectivity index (χ0n) is 7.72. The molecule has 1 rings (SSSR count). The Kier molecular flexibility index (Phi) is 3.61. The van der Waals surface area contributed by atoms with Crippen LogP contribution in [-0.2, 0) is 0 Å². The van der Waals surface area contributed by atoms with Gasteiger partial charge in [-0.1, -0.05) is 6.07 Å². The van der Waals surface area contributed by atoms with Crippen LogP contribution in [0.3, 0.4) is 0 Å². The first kappa shape index (κ1) is 10.7. The summed E-state index contributed by atoms with van der Waals surface area (Å²) in [5.41, 5.74) is -0.310. The summed E-state index contributed by atoms with van der Waals surface area (Å²) in [4.78, 5) is 0. The van der Waals surface area contributed by atoms with E-state index in [-0.39, 0.29) is 12.0 Å². The normalized spacial score (nSPS) is 11.7. The Morgan fingerprint density at radius 2 is 1.93 bits per heavy atom. The van der Waals surface area contributed by atoms with Gasteiger partial charge >= 0.3 is 0 Å². The number of rotatable bonds is 2. The van der Waals surface area contributed by atoms with Crippen molar-refractivity contribution in [1.29, 1.82) is 0 Å². The molecule has 1 nitrogen and oxygen atoms in total. The van der Waals surface area contributed by atoms with Gasteiger partial charge in [-0.3, -0.25) is 0 Å². The lowest BCUT2D eigenvalue weighted by molar-refractivity contribution is 0.173. The van der Waals surface area contributed by atoms with Gasteiger partial charge in [0.1, 0.15) is 11.6 Å². The second-order valence-corrected chi connectivity index (χ2v) is 2.78. The molecule has 14 heavy (non-hydrogen) atoms.